The van der Waals surface area contributed by atoms with E-state index in [9.17, 15) is 4.79 Å². The third-order valence-electron chi connectivity index (χ3n) is 8.30. The number of anilines is 1. The minimum Gasteiger partial charge on any atom is -0.413 e. The zero-order chi connectivity index (χ0) is 24.1. The molecular formula is C27H36N4O2Si. The third-order valence-corrected chi connectivity index (χ3v) is 12.8. The van der Waals surface area contributed by atoms with E-state index in [0.29, 0.717) is 0 Å². The highest BCUT2D eigenvalue weighted by molar-refractivity contribution is 6.74. The maximum Gasteiger partial charge on any atom is 0.192 e. The van der Waals surface area contributed by atoms with Crippen molar-refractivity contribution in [1.29, 1.82) is 0 Å². The molecule has 2 aliphatic rings. The van der Waals surface area contributed by atoms with Crippen LogP contribution in [0.2, 0.25) is 18.1 Å². The van der Waals surface area contributed by atoms with Gasteiger partial charge in [0.05, 0.1) is 17.5 Å². The number of hydrogen-bond acceptors (Lipinski definition) is 5. The molecule has 0 radical (unpaired) electrons. The summed E-state index contributed by atoms with van der Waals surface area (Å²) in [4.78, 5) is 21.2. The van der Waals surface area contributed by atoms with Gasteiger partial charge < -0.3 is 19.1 Å². The maximum atomic E-state index is 12.0. The van der Waals surface area contributed by atoms with Gasteiger partial charge >= 0.3 is 0 Å². The van der Waals surface area contributed by atoms with E-state index in [0.717, 1.165) is 48.8 Å². The number of nitrogens with zero attached hydrogens (tertiary/aromatic N) is 3. The molecule has 1 saturated carbocycles. The Morgan fingerprint density at radius 1 is 1.15 bits per heavy atom. The second-order valence-electron chi connectivity index (χ2n) is 11.5. The number of aromatic nitrogens is 3. The Bertz CT molecular complexity index is 1200. The van der Waals surface area contributed by atoms with Crippen molar-refractivity contribution in [1.82, 2.24) is 14.5 Å². The number of nitrogens with one attached hydrogen (secondary N) is 1. The molecule has 34 heavy (non-hydrogen) atoms. The predicted molar refractivity (Wildman–Crippen MR) is 139 cm³/mol. The summed E-state index contributed by atoms with van der Waals surface area (Å²) in [7, 11) is -1.96. The number of benzene rings is 1. The van der Waals surface area contributed by atoms with Crippen molar-refractivity contribution < 1.29 is 9.22 Å². The van der Waals surface area contributed by atoms with Gasteiger partial charge in [-0.2, -0.15) is 0 Å². The molecule has 0 spiro atoms. The lowest BCUT2D eigenvalue weighted by Gasteiger charge is -2.39. The summed E-state index contributed by atoms with van der Waals surface area (Å²) in [5.41, 5.74) is 3.71. The second-order valence-corrected chi connectivity index (χ2v) is 16.2. The Kier molecular flexibility index (Phi) is 5.88. The van der Waals surface area contributed by atoms with Gasteiger partial charge in [-0.05, 0) is 61.0 Å². The van der Waals surface area contributed by atoms with E-state index in [1.54, 1.807) is 6.33 Å². The molecule has 0 saturated heterocycles. The highest BCUT2D eigenvalue weighted by Crippen LogP contribution is 2.44. The van der Waals surface area contributed by atoms with Gasteiger partial charge in [-0.15, -0.1) is 0 Å². The molecule has 180 valence electrons. The van der Waals surface area contributed by atoms with Crippen LogP contribution in [0.1, 0.15) is 63.2 Å². The van der Waals surface area contributed by atoms with E-state index >= 15 is 0 Å². The molecule has 1 aromatic carbocycles. The van der Waals surface area contributed by atoms with Gasteiger partial charge in [0.2, 0.25) is 0 Å². The Hall–Kier alpha value is -2.51. The highest BCUT2D eigenvalue weighted by atomic mass is 28.4. The quantitative estimate of drug-likeness (QED) is 0.345. The van der Waals surface area contributed by atoms with E-state index in [1.807, 2.05) is 0 Å². The van der Waals surface area contributed by atoms with Crippen LogP contribution in [0.5, 0.6) is 0 Å². The number of aldehydes is 1. The number of rotatable bonds is 6. The van der Waals surface area contributed by atoms with Gasteiger partial charge in [-0.1, -0.05) is 45.0 Å². The van der Waals surface area contributed by atoms with Crippen LogP contribution in [0.4, 0.5) is 5.82 Å². The summed E-state index contributed by atoms with van der Waals surface area (Å²) in [5.74, 6) is 0.801. The first-order valence-electron chi connectivity index (χ1n) is 12.5. The van der Waals surface area contributed by atoms with Crippen molar-refractivity contribution in [2.45, 2.75) is 82.8 Å². The fraction of sp³-hybridized carbons (Fsp3) is 0.519. The monoisotopic (exact) mass is 476 g/mol. The molecule has 0 aliphatic heterocycles. The second kappa shape index (κ2) is 8.61. The molecule has 1 N–H and O–H groups in total. The van der Waals surface area contributed by atoms with Crippen LogP contribution in [0, 0.1) is 5.92 Å². The minimum absolute atomic E-state index is 0.0322. The number of fused-ring (bicyclic) bond motifs is 2. The van der Waals surface area contributed by atoms with Crippen molar-refractivity contribution in [2.75, 3.05) is 5.32 Å². The lowest BCUT2D eigenvalue weighted by molar-refractivity contribution is -0.113. The van der Waals surface area contributed by atoms with Gasteiger partial charge in [0, 0.05) is 18.2 Å². The first-order chi connectivity index (χ1) is 16.2. The molecule has 5 rings (SSSR count). The van der Waals surface area contributed by atoms with Crippen LogP contribution in [0.3, 0.4) is 0 Å². The largest absolute Gasteiger partial charge is 0.413 e. The van der Waals surface area contributed by atoms with Gasteiger partial charge in [-0.3, -0.25) is 0 Å². The van der Waals surface area contributed by atoms with Crippen LogP contribution in [0.25, 0.3) is 11.0 Å². The SMILES string of the molecule is CC(C)(C)[Si](C)(C)O[C@H]1CC(n2ccc3c(N[C@H]4CCc5ccccc54)ncnc32)C[C@H]1C=O. The van der Waals surface area contributed by atoms with Crippen LogP contribution < -0.4 is 5.32 Å². The first kappa shape index (κ1) is 23.2. The van der Waals surface area contributed by atoms with Crippen molar-refractivity contribution >= 4 is 31.5 Å². The van der Waals surface area contributed by atoms with Gasteiger partial charge in [0.15, 0.2) is 8.32 Å². The molecule has 6 nitrogen and oxygen atoms in total. The number of aryl methyl sites for hydroxylation is 1. The Balaban J connectivity index is 1.39. The Morgan fingerprint density at radius 2 is 1.94 bits per heavy atom. The topological polar surface area (TPSA) is 69.0 Å². The highest BCUT2D eigenvalue weighted by Gasteiger charge is 2.44. The summed E-state index contributed by atoms with van der Waals surface area (Å²) in [5, 5.41) is 4.83. The molecule has 2 aromatic heterocycles. The maximum absolute atomic E-state index is 12.0. The fourth-order valence-electron chi connectivity index (χ4n) is 5.32. The average molecular weight is 477 g/mol. The molecule has 4 atom stereocenters. The average Bonchev–Trinajstić information content (AvgIpc) is 3.50. The Morgan fingerprint density at radius 3 is 2.71 bits per heavy atom. The number of carbonyl (C=O) groups excluding carboxylic acids is 1. The molecule has 2 aliphatic carbocycles. The summed E-state index contributed by atoms with van der Waals surface area (Å²) < 4.78 is 8.93. The molecule has 1 fully saturated rings. The van der Waals surface area contributed by atoms with Crippen molar-refractivity contribution in [3.63, 3.8) is 0 Å². The van der Waals surface area contributed by atoms with Crippen LogP contribution in [-0.2, 0) is 15.6 Å². The molecule has 2 heterocycles. The lowest BCUT2D eigenvalue weighted by atomic mass is 10.1. The zero-order valence-corrected chi connectivity index (χ0v) is 21.9. The molecule has 0 amide bonds. The molecular weight excluding hydrogens is 440 g/mol. The third kappa shape index (κ3) is 4.09. The van der Waals surface area contributed by atoms with Crippen molar-refractivity contribution in [3.8, 4) is 0 Å². The van der Waals surface area contributed by atoms with E-state index in [-0.39, 0.29) is 29.1 Å². The Labute approximate surface area is 203 Å². The number of hydrogen-bond donors (Lipinski definition) is 1. The van der Waals surface area contributed by atoms with Crippen LogP contribution in [-0.4, -0.2) is 35.2 Å². The van der Waals surface area contributed by atoms with E-state index in [4.69, 9.17) is 4.43 Å². The fourth-order valence-corrected chi connectivity index (χ4v) is 6.70. The first-order valence-corrected chi connectivity index (χ1v) is 15.4. The summed E-state index contributed by atoms with van der Waals surface area (Å²) >= 11 is 0. The van der Waals surface area contributed by atoms with Crippen molar-refractivity contribution in [3.05, 3.63) is 54.0 Å². The van der Waals surface area contributed by atoms with Gasteiger partial charge in [-0.25, -0.2) is 9.97 Å². The number of carbonyl (C=O) groups is 1. The minimum atomic E-state index is -1.96. The van der Waals surface area contributed by atoms with Crippen LogP contribution in [0.15, 0.2) is 42.9 Å². The summed E-state index contributed by atoms with van der Waals surface area (Å²) in [6.07, 6.45) is 8.61. The molecule has 3 aromatic rings. The summed E-state index contributed by atoms with van der Waals surface area (Å²) in [6.45, 7) is 11.3. The van der Waals surface area contributed by atoms with Crippen molar-refractivity contribution in [2.24, 2.45) is 5.92 Å². The zero-order valence-electron chi connectivity index (χ0n) is 20.9. The summed E-state index contributed by atoms with van der Waals surface area (Å²) in [6, 6.07) is 11.2. The molecule has 1 unspecified atom stereocenters. The smallest absolute Gasteiger partial charge is 0.192 e. The van der Waals surface area contributed by atoms with E-state index < -0.39 is 8.32 Å². The van der Waals surface area contributed by atoms with E-state index in [1.165, 1.54) is 11.1 Å². The van der Waals surface area contributed by atoms with Crippen LogP contribution >= 0.6 is 0 Å². The van der Waals surface area contributed by atoms with Gasteiger partial charge in [0.1, 0.15) is 24.1 Å². The standard InChI is InChI=1S/C27H36N4O2Si/c1-27(2,3)34(4,5)33-24-15-20(14-19(24)16-32)31-13-12-22-25(28-17-29-26(22)31)30-23-11-10-18-8-6-7-9-21(18)23/h6-9,12-13,16-17,19-20,23-24H,10-11,14-15H2,1-5H3,(H,28,29,30)/t19-,20?,23-,24-/m0/s1. The van der Waals surface area contributed by atoms with E-state index in [2.05, 4.69) is 90.2 Å². The lowest BCUT2D eigenvalue weighted by Crippen LogP contribution is -2.45. The normalized spacial score (nSPS) is 25.0. The predicted octanol–water partition coefficient (Wildman–Crippen LogP) is 6.07. The van der Waals surface area contributed by atoms with Gasteiger partial charge in [0.25, 0.3) is 0 Å². The molecule has 0 bridgehead atoms. The molecule has 7 heteroatoms.